The third-order valence-electron chi connectivity index (χ3n) is 3.20. The summed E-state index contributed by atoms with van der Waals surface area (Å²) >= 11 is 0. The Labute approximate surface area is 95.2 Å². The summed E-state index contributed by atoms with van der Waals surface area (Å²) in [5.41, 5.74) is 7.10. The molecule has 0 saturated carbocycles. The first-order valence-electron chi connectivity index (χ1n) is 5.57. The van der Waals surface area contributed by atoms with Crippen LogP contribution in [0.5, 0.6) is 0 Å². The van der Waals surface area contributed by atoms with Crippen LogP contribution in [0.25, 0.3) is 0 Å². The number of amides is 1. The number of primary amides is 1. The average Bonchev–Trinajstić information content (AvgIpc) is 2.30. The van der Waals surface area contributed by atoms with E-state index in [2.05, 4.69) is 0 Å². The van der Waals surface area contributed by atoms with Crippen molar-refractivity contribution in [2.24, 2.45) is 11.6 Å². The van der Waals surface area contributed by atoms with Crippen LogP contribution in [-0.4, -0.2) is 24.0 Å². The minimum absolute atomic E-state index is 0.342. The number of hydrogen-bond acceptors (Lipinski definition) is 3. The lowest BCUT2D eigenvalue weighted by Gasteiger charge is -2.29. The van der Waals surface area contributed by atoms with Crippen LogP contribution in [0.1, 0.15) is 34.7 Å². The number of benzene rings is 1. The van der Waals surface area contributed by atoms with E-state index in [1.54, 1.807) is 6.07 Å². The van der Waals surface area contributed by atoms with Gasteiger partial charge in [-0.15, -0.1) is 0 Å². The molecule has 0 bridgehead atoms. The van der Waals surface area contributed by atoms with Crippen LogP contribution in [0.15, 0.2) is 24.3 Å². The van der Waals surface area contributed by atoms with Crippen molar-refractivity contribution in [3.05, 3.63) is 35.4 Å². The summed E-state index contributed by atoms with van der Waals surface area (Å²) < 4.78 is 0. The molecule has 1 saturated heterocycles. The maximum Gasteiger partial charge on any atom is 0.248 e. The first kappa shape index (κ1) is 11.1. The lowest BCUT2D eigenvalue weighted by atomic mass is 9.87. The van der Waals surface area contributed by atoms with Gasteiger partial charge in [-0.05, 0) is 30.4 Å². The molecule has 1 aromatic carbocycles. The molecule has 4 heteroatoms. The van der Waals surface area contributed by atoms with Gasteiger partial charge in [0.05, 0.1) is 0 Å². The molecule has 1 aliphatic rings. The van der Waals surface area contributed by atoms with Gasteiger partial charge in [-0.2, -0.15) is 0 Å². The Morgan fingerprint density at radius 3 is 2.50 bits per heavy atom. The summed E-state index contributed by atoms with van der Waals surface area (Å²) in [7, 11) is 0. The van der Waals surface area contributed by atoms with Crippen molar-refractivity contribution in [3.63, 3.8) is 0 Å². The zero-order valence-electron chi connectivity index (χ0n) is 9.23. The zero-order valence-corrected chi connectivity index (χ0v) is 9.23. The number of rotatable bonds is 2. The van der Waals surface area contributed by atoms with Crippen LogP contribution in [0.3, 0.4) is 0 Å². The Bertz CT molecular complexity index is 384. The lowest BCUT2D eigenvalue weighted by molar-refractivity contribution is 0.0998. The minimum atomic E-state index is -0.342. The fraction of sp³-hybridized carbons (Fsp3) is 0.417. The van der Waals surface area contributed by atoms with E-state index in [0.717, 1.165) is 31.5 Å². The molecule has 0 atom stereocenters. The monoisotopic (exact) mass is 219 g/mol. The second-order valence-corrected chi connectivity index (χ2v) is 4.26. The number of hydrogen-bond donors (Lipinski definition) is 2. The number of hydrazine groups is 1. The van der Waals surface area contributed by atoms with Crippen molar-refractivity contribution < 1.29 is 4.79 Å². The van der Waals surface area contributed by atoms with Crippen molar-refractivity contribution in [2.45, 2.75) is 18.8 Å². The second kappa shape index (κ2) is 4.63. The number of carbonyl (C=O) groups excluding carboxylic acids is 1. The summed E-state index contributed by atoms with van der Waals surface area (Å²) in [4.78, 5) is 11.3. The van der Waals surface area contributed by atoms with E-state index in [0.29, 0.717) is 11.5 Å². The van der Waals surface area contributed by atoms with Gasteiger partial charge in [-0.25, -0.2) is 5.01 Å². The number of nitrogens with zero attached hydrogens (tertiary/aromatic N) is 1. The molecule has 0 aliphatic carbocycles. The standard InChI is InChI=1S/C12H17N3O/c13-12(16)11-4-2-1-3-10(11)9-5-7-15(14)8-6-9/h1-4,9H,5-8,14H2,(H2,13,16). The van der Waals surface area contributed by atoms with Gasteiger partial charge in [-0.1, -0.05) is 18.2 Å². The van der Waals surface area contributed by atoms with E-state index < -0.39 is 0 Å². The first-order chi connectivity index (χ1) is 7.68. The van der Waals surface area contributed by atoms with Crippen LogP contribution >= 0.6 is 0 Å². The van der Waals surface area contributed by atoms with Crippen LogP contribution in [0, 0.1) is 0 Å². The van der Waals surface area contributed by atoms with E-state index in [9.17, 15) is 4.79 Å². The quantitative estimate of drug-likeness (QED) is 0.724. The van der Waals surface area contributed by atoms with Crippen molar-refractivity contribution >= 4 is 5.91 Å². The Morgan fingerprint density at radius 1 is 1.25 bits per heavy atom. The molecule has 0 radical (unpaired) electrons. The number of nitrogens with two attached hydrogens (primary N) is 2. The van der Waals surface area contributed by atoms with Crippen molar-refractivity contribution in [2.75, 3.05) is 13.1 Å². The molecule has 1 fully saturated rings. The first-order valence-corrected chi connectivity index (χ1v) is 5.57. The fourth-order valence-corrected chi connectivity index (χ4v) is 2.29. The highest BCUT2D eigenvalue weighted by Gasteiger charge is 2.21. The maximum atomic E-state index is 11.3. The molecule has 1 aliphatic heterocycles. The molecular weight excluding hydrogens is 202 g/mol. The molecule has 1 heterocycles. The summed E-state index contributed by atoms with van der Waals surface area (Å²) in [6.45, 7) is 1.75. The highest BCUT2D eigenvalue weighted by Crippen LogP contribution is 2.29. The molecule has 0 unspecified atom stereocenters. The minimum Gasteiger partial charge on any atom is -0.366 e. The molecule has 0 aromatic heterocycles. The van der Waals surface area contributed by atoms with Gasteiger partial charge in [0.15, 0.2) is 0 Å². The number of piperidine rings is 1. The van der Waals surface area contributed by atoms with Crippen molar-refractivity contribution in [3.8, 4) is 0 Å². The molecule has 16 heavy (non-hydrogen) atoms. The van der Waals surface area contributed by atoms with Gasteiger partial charge < -0.3 is 5.73 Å². The molecule has 86 valence electrons. The summed E-state index contributed by atoms with van der Waals surface area (Å²) in [6, 6.07) is 7.60. The topological polar surface area (TPSA) is 72.4 Å². The van der Waals surface area contributed by atoms with E-state index >= 15 is 0 Å². The van der Waals surface area contributed by atoms with E-state index in [1.807, 2.05) is 23.2 Å². The van der Waals surface area contributed by atoms with Crippen molar-refractivity contribution in [1.82, 2.24) is 5.01 Å². The van der Waals surface area contributed by atoms with Gasteiger partial charge in [-0.3, -0.25) is 10.6 Å². The van der Waals surface area contributed by atoms with Gasteiger partial charge in [0.2, 0.25) is 5.91 Å². The Kier molecular flexibility index (Phi) is 3.22. The number of carbonyl (C=O) groups is 1. The maximum absolute atomic E-state index is 11.3. The smallest absolute Gasteiger partial charge is 0.248 e. The van der Waals surface area contributed by atoms with Gasteiger partial charge in [0, 0.05) is 18.7 Å². The molecular formula is C12H17N3O. The van der Waals surface area contributed by atoms with E-state index in [1.165, 1.54) is 0 Å². The van der Waals surface area contributed by atoms with Gasteiger partial charge in [0.1, 0.15) is 0 Å². The van der Waals surface area contributed by atoms with Gasteiger partial charge >= 0.3 is 0 Å². The highest BCUT2D eigenvalue weighted by atomic mass is 16.1. The SMILES string of the molecule is NC(=O)c1ccccc1C1CCN(N)CC1. The molecule has 1 amide bonds. The lowest BCUT2D eigenvalue weighted by Crippen LogP contribution is -2.38. The average molecular weight is 219 g/mol. The summed E-state index contributed by atoms with van der Waals surface area (Å²) in [5, 5.41) is 1.82. The van der Waals surface area contributed by atoms with E-state index in [-0.39, 0.29) is 5.91 Å². The normalized spacial score (nSPS) is 18.6. The summed E-state index contributed by atoms with van der Waals surface area (Å²) in [5.74, 6) is 5.78. The predicted molar refractivity (Wildman–Crippen MR) is 62.7 cm³/mol. The predicted octanol–water partition coefficient (Wildman–Crippen LogP) is 0.839. The second-order valence-electron chi connectivity index (χ2n) is 4.26. The molecule has 2 rings (SSSR count). The molecule has 4 N–H and O–H groups in total. The highest BCUT2D eigenvalue weighted by molar-refractivity contribution is 5.94. The van der Waals surface area contributed by atoms with Gasteiger partial charge in [0.25, 0.3) is 0 Å². The van der Waals surface area contributed by atoms with Crippen LogP contribution < -0.4 is 11.6 Å². The largest absolute Gasteiger partial charge is 0.366 e. The van der Waals surface area contributed by atoms with E-state index in [4.69, 9.17) is 11.6 Å². The van der Waals surface area contributed by atoms with Crippen LogP contribution in [0.2, 0.25) is 0 Å². The molecule has 4 nitrogen and oxygen atoms in total. The van der Waals surface area contributed by atoms with Crippen LogP contribution in [-0.2, 0) is 0 Å². The Balaban J connectivity index is 2.23. The Morgan fingerprint density at radius 2 is 1.88 bits per heavy atom. The summed E-state index contributed by atoms with van der Waals surface area (Å²) in [6.07, 6.45) is 1.97. The third kappa shape index (κ3) is 2.23. The molecule has 0 spiro atoms. The Hall–Kier alpha value is -1.39. The zero-order chi connectivity index (χ0) is 11.5. The fourth-order valence-electron chi connectivity index (χ4n) is 2.29. The van der Waals surface area contributed by atoms with Crippen molar-refractivity contribution in [1.29, 1.82) is 0 Å². The molecule has 1 aromatic rings. The van der Waals surface area contributed by atoms with Crippen LogP contribution in [0.4, 0.5) is 0 Å². The third-order valence-corrected chi connectivity index (χ3v) is 3.20.